The third-order valence-electron chi connectivity index (χ3n) is 2.72. The molecule has 0 saturated heterocycles. The standard InChI is InChI=1S/C14H19F3N2O/c1-18-7-8-19(11-14(15,16)17)10-13(20)9-12-5-3-2-4-6-12/h2-6,18H,7-11H2,1H3. The van der Waals surface area contributed by atoms with Crippen molar-refractivity contribution in [2.45, 2.75) is 12.6 Å². The molecule has 0 fully saturated rings. The Morgan fingerprint density at radius 1 is 1.25 bits per heavy atom. The minimum atomic E-state index is -4.29. The minimum absolute atomic E-state index is 0.161. The zero-order chi connectivity index (χ0) is 15.0. The summed E-state index contributed by atoms with van der Waals surface area (Å²) in [6, 6.07) is 9.02. The zero-order valence-electron chi connectivity index (χ0n) is 11.4. The van der Waals surface area contributed by atoms with Gasteiger partial charge < -0.3 is 5.32 Å². The van der Waals surface area contributed by atoms with Crippen LogP contribution >= 0.6 is 0 Å². The number of alkyl halides is 3. The lowest BCUT2D eigenvalue weighted by Crippen LogP contribution is -2.41. The summed E-state index contributed by atoms with van der Waals surface area (Å²) in [5.74, 6) is -0.212. The molecule has 20 heavy (non-hydrogen) atoms. The highest BCUT2D eigenvalue weighted by Gasteiger charge is 2.31. The smallest absolute Gasteiger partial charge is 0.318 e. The molecule has 1 aromatic rings. The number of carbonyl (C=O) groups is 1. The van der Waals surface area contributed by atoms with Crippen molar-refractivity contribution in [1.82, 2.24) is 10.2 Å². The van der Waals surface area contributed by atoms with E-state index in [0.717, 1.165) is 10.5 Å². The van der Waals surface area contributed by atoms with Crippen molar-refractivity contribution in [3.8, 4) is 0 Å². The molecule has 0 amide bonds. The second-order valence-electron chi connectivity index (χ2n) is 4.63. The second-order valence-corrected chi connectivity index (χ2v) is 4.63. The maximum absolute atomic E-state index is 12.4. The summed E-state index contributed by atoms with van der Waals surface area (Å²) in [5, 5.41) is 2.79. The molecule has 0 aliphatic carbocycles. The van der Waals surface area contributed by atoms with Gasteiger partial charge in [-0.15, -0.1) is 0 Å². The summed E-state index contributed by atoms with van der Waals surface area (Å²) < 4.78 is 37.3. The average molecular weight is 288 g/mol. The fourth-order valence-electron chi connectivity index (χ4n) is 1.87. The molecular formula is C14H19F3N2O. The molecule has 0 heterocycles. The number of benzene rings is 1. The molecule has 0 saturated carbocycles. The molecule has 0 aliphatic heterocycles. The predicted molar refractivity (Wildman–Crippen MR) is 71.6 cm³/mol. The van der Waals surface area contributed by atoms with Crippen LogP contribution in [0.5, 0.6) is 0 Å². The number of rotatable bonds is 8. The van der Waals surface area contributed by atoms with Crippen molar-refractivity contribution in [3.05, 3.63) is 35.9 Å². The first-order valence-electron chi connectivity index (χ1n) is 6.40. The highest BCUT2D eigenvalue weighted by molar-refractivity contribution is 5.82. The highest BCUT2D eigenvalue weighted by Crippen LogP contribution is 2.16. The minimum Gasteiger partial charge on any atom is -0.318 e. The number of carbonyl (C=O) groups excluding carboxylic acids is 1. The number of hydrogen-bond acceptors (Lipinski definition) is 3. The monoisotopic (exact) mass is 288 g/mol. The van der Waals surface area contributed by atoms with E-state index >= 15 is 0 Å². The van der Waals surface area contributed by atoms with Crippen LogP contribution in [0.2, 0.25) is 0 Å². The lowest BCUT2D eigenvalue weighted by Gasteiger charge is -2.22. The summed E-state index contributed by atoms with van der Waals surface area (Å²) in [6.07, 6.45) is -4.13. The topological polar surface area (TPSA) is 32.3 Å². The van der Waals surface area contributed by atoms with Crippen LogP contribution in [0.25, 0.3) is 0 Å². The Labute approximate surface area is 116 Å². The van der Waals surface area contributed by atoms with Gasteiger partial charge in [-0.2, -0.15) is 13.2 Å². The second kappa shape index (κ2) is 8.01. The fraction of sp³-hybridized carbons (Fsp3) is 0.500. The largest absolute Gasteiger partial charge is 0.401 e. The fourth-order valence-corrected chi connectivity index (χ4v) is 1.87. The van der Waals surface area contributed by atoms with E-state index in [1.165, 1.54) is 0 Å². The van der Waals surface area contributed by atoms with E-state index in [1.54, 1.807) is 31.3 Å². The zero-order valence-corrected chi connectivity index (χ0v) is 11.4. The van der Waals surface area contributed by atoms with E-state index in [-0.39, 0.29) is 25.3 Å². The molecule has 0 unspecified atom stereocenters. The molecule has 0 aromatic heterocycles. The van der Waals surface area contributed by atoms with Crippen LogP contribution in [-0.4, -0.2) is 50.1 Å². The van der Waals surface area contributed by atoms with Gasteiger partial charge in [0.25, 0.3) is 0 Å². The molecule has 1 rings (SSSR count). The van der Waals surface area contributed by atoms with Crippen LogP contribution in [0.3, 0.4) is 0 Å². The van der Waals surface area contributed by atoms with Crippen LogP contribution < -0.4 is 5.32 Å². The van der Waals surface area contributed by atoms with Gasteiger partial charge in [-0.05, 0) is 12.6 Å². The summed E-state index contributed by atoms with van der Waals surface area (Å²) in [4.78, 5) is 13.0. The van der Waals surface area contributed by atoms with Gasteiger partial charge in [0.15, 0.2) is 5.78 Å². The number of Topliss-reactive ketones (excluding diaryl/α,β-unsaturated/α-hetero) is 1. The van der Waals surface area contributed by atoms with Crippen molar-refractivity contribution in [2.24, 2.45) is 0 Å². The van der Waals surface area contributed by atoms with Crippen LogP contribution in [0.1, 0.15) is 5.56 Å². The van der Waals surface area contributed by atoms with Gasteiger partial charge in [0.1, 0.15) is 0 Å². The van der Waals surface area contributed by atoms with Gasteiger partial charge in [0, 0.05) is 19.5 Å². The molecule has 1 N–H and O–H groups in total. The number of nitrogens with one attached hydrogen (secondary N) is 1. The van der Waals surface area contributed by atoms with Gasteiger partial charge >= 0.3 is 6.18 Å². The Balaban J connectivity index is 2.52. The number of hydrogen-bond donors (Lipinski definition) is 1. The summed E-state index contributed by atoms with van der Waals surface area (Å²) in [5.41, 5.74) is 0.818. The van der Waals surface area contributed by atoms with E-state index in [1.807, 2.05) is 6.07 Å². The first-order valence-corrected chi connectivity index (χ1v) is 6.40. The molecule has 0 spiro atoms. The summed E-state index contributed by atoms with van der Waals surface area (Å²) >= 11 is 0. The number of ketones is 1. The molecule has 112 valence electrons. The first-order chi connectivity index (χ1) is 9.40. The van der Waals surface area contributed by atoms with Crippen molar-refractivity contribution < 1.29 is 18.0 Å². The van der Waals surface area contributed by atoms with E-state index in [9.17, 15) is 18.0 Å². The van der Waals surface area contributed by atoms with Crippen LogP contribution in [0.4, 0.5) is 13.2 Å². The molecule has 1 aromatic carbocycles. The Morgan fingerprint density at radius 3 is 2.45 bits per heavy atom. The van der Waals surface area contributed by atoms with Crippen molar-refractivity contribution in [1.29, 1.82) is 0 Å². The van der Waals surface area contributed by atoms with Crippen molar-refractivity contribution in [3.63, 3.8) is 0 Å². The molecular weight excluding hydrogens is 269 g/mol. The number of halogens is 3. The van der Waals surface area contributed by atoms with E-state index in [4.69, 9.17) is 0 Å². The van der Waals surface area contributed by atoms with Gasteiger partial charge in [-0.1, -0.05) is 30.3 Å². The molecule has 3 nitrogen and oxygen atoms in total. The number of likely N-dealkylation sites (N-methyl/N-ethyl adjacent to an activating group) is 1. The van der Waals surface area contributed by atoms with Gasteiger partial charge in [0.2, 0.25) is 0 Å². The molecule has 0 aliphatic rings. The SMILES string of the molecule is CNCCN(CC(=O)Cc1ccccc1)CC(F)(F)F. The van der Waals surface area contributed by atoms with Crippen LogP contribution in [-0.2, 0) is 11.2 Å². The average Bonchev–Trinajstić information content (AvgIpc) is 2.35. The molecule has 0 atom stereocenters. The normalized spacial score (nSPS) is 11.8. The van der Waals surface area contributed by atoms with E-state index in [0.29, 0.717) is 6.54 Å². The maximum Gasteiger partial charge on any atom is 0.401 e. The van der Waals surface area contributed by atoms with Crippen molar-refractivity contribution in [2.75, 3.05) is 33.2 Å². The number of nitrogens with zero attached hydrogens (tertiary/aromatic N) is 1. The van der Waals surface area contributed by atoms with E-state index in [2.05, 4.69) is 5.32 Å². The van der Waals surface area contributed by atoms with E-state index < -0.39 is 12.7 Å². The third-order valence-corrected chi connectivity index (χ3v) is 2.72. The van der Waals surface area contributed by atoms with Crippen LogP contribution in [0, 0.1) is 0 Å². The molecule has 0 bridgehead atoms. The molecule has 0 radical (unpaired) electrons. The Morgan fingerprint density at radius 2 is 1.90 bits per heavy atom. The van der Waals surface area contributed by atoms with Crippen LogP contribution in [0.15, 0.2) is 30.3 Å². The highest BCUT2D eigenvalue weighted by atomic mass is 19.4. The Bertz CT molecular complexity index is 407. The maximum atomic E-state index is 12.4. The Kier molecular flexibility index (Phi) is 6.67. The summed E-state index contributed by atoms with van der Waals surface area (Å²) in [7, 11) is 1.66. The predicted octanol–water partition coefficient (Wildman–Crippen LogP) is 1.88. The summed E-state index contributed by atoms with van der Waals surface area (Å²) in [6.45, 7) is -0.642. The van der Waals surface area contributed by atoms with Gasteiger partial charge in [0.05, 0.1) is 13.1 Å². The van der Waals surface area contributed by atoms with Crippen molar-refractivity contribution >= 4 is 5.78 Å². The lowest BCUT2D eigenvalue weighted by atomic mass is 10.1. The third kappa shape index (κ3) is 7.25. The van der Waals surface area contributed by atoms with Gasteiger partial charge in [-0.25, -0.2) is 0 Å². The quantitative estimate of drug-likeness (QED) is 0.793. The Hall–Kier alpha value is -1.40. The lowest BCUT2D eigenvalue weighted by molar-refractivity contribution is -0.148. The van der Waals surface area contributed by atoms with Gasteiger partial charge in [-0.3, -0.25) is 9.69 Å². The first kappa shape index (κ1) is 16.7. The molecule has 6 heteroatoms.